The molecule has 1 aromatic heterocycles. The van der Waals surface area contributed by atoms with Crippen molar-refractivity contribution in [2.24, 2.45) is 0 Å². The highest BCUT2D eigenvalue weighted by Gasteiger charge is 2.23. The van der Waals surface area contributed by atoms with Crippen LogP contribution in [0.5, 0.6) is 5.75 Å². The quantitative estimate of drug-likeness (QED) is 0.285. The number of pyridine rings is 1. The number of rotatable bonds is 11. The van der Waals surface area contributed by atoms with Gasteiger partial charge < -0.3 is 19.5 Å². The van der Waals surface area contributed by atoms with Crippen molar-refractivity contribution in [1.29, 1.82) is 0 Å². The van der Waals surface area contributed by atoms with E-state index >= 15 is 0 Å². The number of hydrogen-bond donors (Lipinski definition) is 1. The molecule has 0 fully saturated rings. The summed E-state index contributed by atoms with van der Waals surface area (Å²) in [6.45, 7) is 8.12. The van der Waals surface area contributed by atoms with Gasteiger partial charge >= 0.3 is 0 Å². The maximum Gasteiger partial charge on any atom is 0.238 e. The van der Waals surface area contributed by atoms with Crippen molar-refractivity contribution in [3.63, 3.8) is 0 Å². The molecule has 37 heavy (non-hydrogen) atoms. The molecule has 0 amide bonds. The monoisotopic (exact) mass is 591 g/mol. The fraction of sp³-hybridized carbons (Fsp3) is 0.357. The average Bonchev–Trinajstić information content (AvgIpc) is 2.85. The Balaban J connectivity index is 1.92. The van der Waals surface area contributed by atoms with Gasteiger partial charge in [-0.1, -0.05) is 48.0 Å². The smallest absolute Gasteiger partial charge is 0.238 e. The number of aromatic nitrogens is 1. The van der Waals surface area contributed by atoms with Crippen molar-refractivity contribution < 1.29 is 13.9 Å². The van der Waals surface area contributed by atoms with Crippen LogP contribution >= 0.6 is 27.5 Å². The van der Waals surface area contributed by atoms with E-state index in [1.54, 1.807) is 12.1 Å². The molecule has 0 radical (unpaired) electrons. The first-order valence-electron chi connectivity index (χ1n) is 11.9. The highest BCUT2D eigenvalue weighted by Crippen LogP contribution is 2.24. The number of hydrogen-bond acceptors (Lipinski definition) is 5. The van der Waals surface area contributed by atoms with Crippen LogP contribution in [-0.4, -0.2) is 34.9 Å². The number of ether oxygens (including phenoxy) is 1. The fourth-order valence-corrected chi connectivity index (χ4v) is 4.53. The molecular formula is C28H32BrClFN3O3. The normalized spacial score (nSPS) is 11.7. The lowest BCUT2D eigenvalue weighted by molar-refractivity contribution is 0.110. The molecule has 1 heterocycles. The van der Waals surface area contributed by atoms with Crippen molar-refractivity contribution in [3.8, 4) is 5.75 Å². The van der Waals surface area contributed by atoms with Crippen LogP contribution in [0.25, 0.3) is 0 Å². The molecule has 3 rings (SSSR count). The summed E-state index contributed by atoms with van der Waals surface area (Å²) in [5.41, 5.74) is 2.03. The van der Waals surface area contributed by atoms with E-state index in [1.165, 1.54) is 6.07 Å². The van der Waals surface area contributed by atoms with Crippen LogP contribution in [0.1, 0.15) is 48.1 Å². The Labute approximate surface area is 230 Å². The summed E-state index contributed by atoms with van der Waals surface area (Å²) in [6, 6.07) is 14.1. The second-order valence-corrected chi connectivity index (χ2v) is 11.1. The molecule has 0 spiro atoms. The summed E-state index contributed by atoms with van der Waals surface area (Å²) < 4.78 is 21.6. The van der Waals surface area contributed by atoms with E-state index < -0.39 is 5.82 Å². The van der Waals surface area contributed by atoms with Crippen molar-refractivity contribution in [2.45, 2.75) is 52.6 Å². The summed E-state index contributed by atoms with van der Waals surface area (Å²) in [5, 5.41) is 3.48. The number of aldehydes is 1. The lowest BCUT2D eigenvalue weighted by Crippen LogP contribution is -2.37. The van der Waals surface area contributed by atoms with Crippen LogP contribution in [0.15, 0.2) is 57.8 Å². The van der Waals surface area contributed by atoms with Gasteiger partial charge in [-0.15, -0.1) is 0 Å². The number of likely N-dealkylation sites (N-methyl/N-ethyl adjacent to an activating group) is 1. The predicted molar refractivity (Wildman–Crippen MR) is 149 cm³/mol. The van der Waals surface area contributed by atoms with Crippen LogP contribution in [-0.2, 0) is 26.2 Å². The van der Waals surface area contributed by atoms with Crippen LogP contribution in [0.4, 0.5) is 4.39 Å². The molecule has 0 aliphatic heterocycles. The molecule has 0 saturated carbocycles. The van der Waals surface area contributed by atoms with E-state index in [1.807, 2.05) is 67.6 Å². The predicted octanol–water partition coefficient (Wildman–Crippen LogP) is 5.81. The minimum Gasteiger partial charge on any atom is -0.483 e. The topological polar surface area (TPSA) is 63.6 Å². The lowest BCUT2D eigenvalue weighted by Gasteiger charge is -2.26. The summed E-state index contributed by atoms with van der Waals surface area (Å²) >= 11 is 9.42. The van der Waals surface area contributed by atoms with Gasteiger partial charge in [-0.05, 0) is 67.0 Å². The molecule has 1 N–H and O–H groups in total. The Bertz CT molecular complexity index is 1290. The Morgan fingerprint density at radius 1 is 1.16 bits per heavy atom. The molecular weight excluding hydrogens is 561 g/mol. The van der Waals surface area contributed by atoms with Gasteiger partial charge in [0, 0.05) is 31.7 Å². The van der Waals surface area contributed by atoms with Gasteiger partial charge in [0.25, 0.3) is 0 Å². The maximum atomic E-state index is 13.5. The summed E-state index contributed by atoms with van der Waals surface area (Å²) in [4.78, 5) is 27.7. The molecule has 9 heteroatoms. The van der Waals surface area contributed by atoms with Crippen molar-refractivity contribution in [1.82, 2.24) is 14.8 Å². The van der Waals surface area contributed by atoms with Crippen molar-refractivity contribution in [2.75, 3.05) is 13.6 Å². The fourth-order valence-electron chi connectivity index (χ4n) is 3.80. The zero-order chi connectivity index (χ0) is 27.2. The van der Waals surface area contributed by atoms with E-state index in [0.29, 0.717) is 42.6 Å². The third-order valence-corrected chi connectivity index (χ3v) is 6.88. The third kappa shape index (κ3) is 7.98. The minimum absolute atomic E-state index is 0.0122. The number of benzene rings is 2. The van der Waals surface area contributed by atoms with E-state index in [0.717, 1.165) is 11.1 Å². The Morgan fingerprint density at radius 2 is 1.86 bits per heavy atom. The molecule has 198 valence electrons. The second-order valence-electron chi connectivity index (χ2n) is 9.94. The number of nitrogens with one attached hydrogen (secondary N) is 1. The van der Waals surface area contributed by atoms with Crippen LogP contribution < -0.4 is 15.5 Å². The number of nitrogens with zero attached hydrogens (tertiary/aromatic N) is 2. The molecule has 0 saturated heterocycles. The maximum absolute atomic E-state index is 13.5. The standard InChI is InChI=1S/C28H32BrClFN3O3/c1-28(2,3)32-15-23-25(29)26(36)27(37-18-19-8-6-5-7-9-19)24(17-35)34(23)13-12-33(4)16-20-10-11-22(31)21(30)14-20/h5-11,14,17,32H,12-13,15-16,18H2,1-4H3. The van der Waals surface area contributed by atoms with Crippen LogP contribution in [0.2, 0.25) is 5.02 Å². The molecule has 6 nitrogen and oxygen atoms in total. The van der Waals surface area contributed by atoms with Gasteiger partial charge in [0.1, 0.15) is 18.1 Å². The zero-order valence-electron chi connectivity index (χ0n) is 21.5. The first kappa shape index (κ1) is 29.0. The van der Waals surface area contributed by atoms with Gasteiger partial charge in [-0.3, -0.25) is 9.59 Å². The van der Waals surface area contributed by atoms with E-state index in [-0.39, 0.29) is 34.0 Å². The molecule has 3 aromatic rings. The van der Waals surface area contributed by atoms with Gasteiger partial charge in [-0.2, -0.15) is 0 Å². The summed E-state index contributed by atoms with van der Waals surface area (Å²) in [6.07, 6.45) is 0.675. The first-order chi connectivity index (χ1) is 17.5. The average molecular weight is 593 g/mol. The second kappa shape index (κ2) is 12.8. The number of carbonyl (C=O) groups excluding carboxylic acids is 1. The molecule has 0 bridgehead atoms. The molecule has 0 aliphatic carbocycles. The molecule has 0 atom stereocenters. The molecule has 0 aliphatic rings. The van der Waals surface area contributed by atoms with Gasteiger partial charge in [-0.25, -0.2) is 4.39 Å². The third-order valence-electron chi connectivity index (χ3n) is 5.77. The Morgan fingerprint density at radius 3 is 2.49 bits per heavy atom. The molecule has 0 unspecified atom stereocenters. The highest BCUT2D eigenvalue weighted by molar-refractivity contribution is 9.10. The first-order valence-corrected chi connectivity index (χ1v) is 13.1. The highest BCUT2D eigenvalue weighted by atomic mass is 79.9. The van der Waals surface area contributed by atoms with Gasteiger partial charge in [0.2, 0.25) is 5.43 Å². The Hall–Kier alpha value is -2.52. The van der Waals surface area contributed by atoms with Crippen LogP contribution in [0.3, 0.4) is 0 Å². The van der Waals surface area contributed by atoms with E-state index in [9.17, 15) is 14.0 Å². The Kier molecular flexibility index (Phi) is 10.1. The SMILES string of the molecule is CN(CCn1c(C=O)c(OCc2ccccc2)c(=O)c(Br)c1CNC(C)(C)C)Cc1ccc(F)c(Cl)c1. The largest absolute Gasteiger partial charge is 0.483 e. The molecule has 2 aromatic carbocycles. The van der Waals surface area contributed by atoms with Gasteiger partial charge in [0.15, 0.2) is 12.0 Å². The number of halogens is 3. The van der Waals surface area contributed by atoms with E-state index in [4.69, 9.17) is 16.3 Å². The van der Waals surface area contributed by atoms with Crippen LogP contribution in [0, 0.1) is 5.82 Å². The van der Waals surface area contributed by atoms with Crippen molar-refractivity contribution >= 4 is 33.8 Å². The minimum atomic E-state index is -0.458. The zero-order valence-corrected chi connectivity index (χ0v) is 23.8. The van der Waals surface area contributed by atoms with Crippen molar-refractivity contribution in [3.05, 3.63) is 96.6 Å². The number of carbonyl (C=O) groups is 1. The van der Waals surface area contributed by atoms with Gasteiger partial charge in [0.05, 0.1) is 15.2 Å². The van der Waals surface area contributed by atoms with E-state index in [2.05, 4.69) is 21.2 Å². The summed E-state index contributed by atoms with van der Waals surface area (Å²) in [7, 11) is 1.93. The lowest BCUT2D eigenvalue weighted by atomic mass is 10.1. The summed E-state index contributed by atoms with van der Waals surface area (Å²) in [5.74, 6) is -0.445.